The summed E-state index contributed by atoms with van der Waals surface area (Å²) in [5.41, 5.74) is 2.70. The first-order chi connectivity index (χ1) is 15.3. The lowest BCUT2D eigenvalue weighted by Crippen LogP contribution is -2.38. The van der Waals surface area contributed by atoms with Crippen molar-refractivity contribution in [2.24, 2.45) is 4.99 Å². The molecule has 2 heterocycles. The van der Waals surface area contributed by atoms with Gasteiger partial charge in [0.15, 0.2) is 5.17 Å². The van der Waals surface area contributed by atoms with E-state index < -0.39 is 5.82 Å². The van der Waals surface area contributed by atoms with Crippen molar-refractivity contribution >= 4 is 28.9 Å². The fourth-order valence-corrected chi connectivity index (χ4v) is 4.67. The number of phenols is 1. The fourth-order valence-electron chi connectivity index (χ4n) is 3.71. The lowest BCUT2D eigenvalue weighted by Gasteiger charge is -2.27. The lowest BCUT2D eigenvalue weighted by atomic mass is 9.80. The van der Waals surface area contributed by atoms with Gasteiger partial charge in [0, 0.05) is 24.2 Å². The number of morpholine rings is 1. The van der Waals surface area contributed by atoms with Crippen molar-refractivity contribution < 1.29 is 19.0 Å². The number of halogens is 1. The van der Waals surface area contributed by atoms with Crippen molar-refractivity contribution in [1.82, 2.24) is 4.90 Å². The van der Waals surface area contributed by atoms with Gasteiger partial charge in [-0.25, -0.2) is 4.39 Å². The summed E-state index contributed by atoms with van der Waals surface area (Å²) in [7, 11) is 0. The van der Waals surface area contributed by atoms with Gasteiger partial charge in [-0.3, -0.25) is 4.79 Å². The van der Waals surface area contributed by atoms with Crippen LogP contribution in [0.3, 0.4) is 0 Å². The molecule has 2 aliphatic rings. The van der Waals surface area contributed by atoms with Crippen LogP contribution in [0.5, 0.6) is 5.75 Å². The first kappa shape index (κ1) is 22.6. The third-order valence-corrected chi connectivity index (χ3v) is 7.16. The van der Waals surface area contributed by atoms with Crippen LogP contribution >= 0.6 is 11.8 Å². The Morgan fingerprint density at radius 2 is 1.88 bits per heavy atom. The van der Waals surface area contributed by atoms with Gasteiger partial charge in [-0.1, -0.05) is 32.9 Å². The molecule has 7 heteroatoms. The molecule has 0 aliphatic carbocycles. The van der Waals surface area contributed by atoms with Gasteiger partial charge in [0.1, 0.15) is 11.6 Å². The molecule has 2 aromatic carbocycles. The maximum absolute atomic E-state index is 14.6. The number of amides is 1. The topological polar surface area (TPSA) is 62.1 Å². The molecule has 0 bridgehead atoms. The number of amidine groups is 1. The van der Waals surface area contributed by atoms with Gasteiger partial charge >= 0.3 is 0 Å². The fraction of sp³-hybridized carbons (Fsp3) is 0.360. The van der Waals surface area contributed by atoms with Gasteiger partial charge in [-0.15, -0.1) is 0 Å². The lowest BCUT2D eigenvalue weighted by molar-refractivity contribution is -0.113. The standard InChI is InChI=1S/C25H27FN2O3S/c1-4-25(2,3)19-14-17(6-8-21(19)29)16-5-7-20(26)18(13-16)15-22-23(30)27-24(32-22)28-9-11-31-12-10-28/h5-8,13-15,29H,4,9-12H2,1-3H3/b22-15-. The minimum absolute atomic E-state index is 0.189. The average molecular weight is 455 g/mol. The summed E-state index contributed by atoms with van der Waals surface area (Å²) >= 11 is 1.27. The van der Waals surface area contributed by atoms with Crippen LogP contribution in [0, 0.1) is 5.82 Å². The van der Waals surface area contributed by atoms with Crippen LogP contribution in [-0.4, -0.2) is 47.4 Å². The van der Waals surface area contributed by atoms with Crippen LogP contribution in [0.1, 0.15) is 38.3 Å². The molecule has 2 aromatic rings. The van der Waals surface area contributed by atoms with Crippen molar-refractivity contribution in [1.29, 1.82) is 0 Å². The number of benzene rings is 2. The Hall–Kier alpha value is -2.64. The first-order valence-electron chi connectivity index (χ1n) is 10.8. The van der Waals surface area contributed by atoms with E-state index in [2.05, 4.69) is 25.8 Å². The van der Waals surface area contributed by atoms with Crippen molar-refractivity contribution in [3.63, 3.8) is 0 Å². The van der Waals surface area contributed by atoms with Gasteiger partial charge in [-0.2, -0.15) is 4.99 Å². The normalized spacial score (nSPS) is 18.4. The second kappa shape index (κ2) is 9.08. The third kappa shape index (κ3) is 4.59. The zero-order valence-electron chi connectivity index (χ0n) is 18.5. The molecule has 1 saturated heterocycles. The van der Waals surface area contributed by atoms with E-state index in [1.54, 1.807) is 24.3 Å². The molecule has 0 unspecified atom stereocenters. The van der Waals surface area contributed by atoms with Crippen LogP contribution < -0.4 is 0 Å². The van der Waals surface area contributed by atoms with Crippen LogP contribution in [0.4, 0.5) is 4.39 Å². The molecule has 0 spiro atoms. The van der Waals surface area contributed by atoms with Crippen molar-refractivity contribution in [3.05, 3.63) is 58.2 Å². The molecule has 0 saturated carbocycles. The Bertz CT molecular complexity index is 1100. The second-order valence-electron chi connectivity index (χ2n) is 8.62. The molecule has 2 aliphatic heterocycles. The number of phenolic OH excluding ortho intramolecular Hbond substituents is 1. The van der Waals surface area contributed by atoms with E-state index in [9.17, 15) is 14.3 Å². The van der Waals surface area contributed by atoms with Crippen molar-refractivity contribution in [2.45, 2.75) is 32.6 Å². The summed E-state index contributed by atoms with van der Waals surface area (Å²) < 4.78 is 20.0. The van der Waals surface area contributed by atoms with Gasteiger partial charge in [0.25, 0.3) is 5.91 Å². The molecule has 4 rings (SSSR count). The molecule has 0 atom stereocenters. The molecule has 0 radical (unpaired) electrons. The SMILES string of the molecule is CCC(C)(C)c1cc(-c2ccc(F)c(/C=C3\SC(N4CCOCC4)=NC3=O)c2)ccc1O. The monoisotopic (exact) mass is 454 g/mol. The maximum atomic E-state index is 14.6. The zero-order valence-corrected chi connectivity index (χ0v) is 19.3. The van der Waals surface area contributed by atoms with Gasteiger partial charge in [0.2, 0.25) is 0 Å². The van der Waals surface area contributed by atoms with Crippen LogP contribution in [-0.2, 0) is 14.9 Å². The van der Waals surface area contributed by atoms with Crippen molar-refractivity contribution in [2.75, 3.05) is 26.3 Å². The third-order valence-electron chi connectivity index (χ3n) is 6.12. The Kier molecular flexibility index (Phi) is 6.40. The highest BCUT2D eigenvalue weighted by molar-refractivity contribution is 8.18. The minimum Gasteiger partial charge on any atom is -0.508 e. The van der Waals surface area contributed by atoms with E-state index in [4.69, 9.17) is 4.74 Å². The number of nitrogens with zero attached hydrogens (tertiary/aromatic N) is 2. The molecule has 1 fully saturated rings. The molecule has 32 heavy (non-hydrogen) atoms. The number of carbonyl (C=O) groups excluding carboxylic acids is 1. The number of ether oxygens (including phenoxy) is 1. The average Bonchev–Trinajstić information content (AvgIpc) is 3.16. The summed E-state index contributed by atoms with van der Waals surface area (Å²) in [6, 6.07) is 10.3. The van der Waals surface area contributed by atoms with E-state index in [-0.39, 0.29) is 17.1 Å². The summed E-state index contributed by atoms with van der Waals surface area (Å²) in [4.78, 5) is 19.0. The summed E-state index contributed by atoms with van der Waals surface area (Å²) in [5, 5.41) is 11.0. The number of aromatic hydroxyl groups is 1. The largest absolute Gasteiger partial charge is 0.508 e. The van der Waals surface area contributed by atoms with Gasteiger partial charge in [-0.05, 0) is 65.1 Å². The number of hydrogen-bond acceptors (Lipinski definition) is 5. The first-order valence-corrected chi connectivity index (χ1v) is 11.6. The Balaban J connectivity index is 1.63. The van der Waals surface area contributed by atoms with Crippen LogP contribution in [0.2, 0.25) is 0 Å². The highest BCUT2D eigenvalue weighted by Crippen LogP contribution is 2.37. The highest BCUT2D eigenvalue weighted by Gasteiger charge is 2.27. The summed E-state index contributed by atoms with van der Waals surface area (Å²) in [6.07, 6.45) is 2.44. The van der Waals surface area contributed by atoms with Gasteiger partial charge in [0.05, 0.1) is 18.1 Å². The Labute approximate surface area is 192 Å². The quantitative estimate of drug-likeness (QED) is 0.645. The number of aliphatic imine (C=N–C) groups is 1. The minimum atomic E-state index is -0.401. The van der Waals surface area contributed by atoms with Gasteiger partial charge < -0.3 is 14.7 Å². The molecular formula is C25H27FN2O3S. The predicted molar refractivity (Wildman–Crippen MR) is 127 cm³/mol. The number of carbonyl (C=O) groups is 1. The number of thioether (sulfide) groups is 1. The van der Waals surface area contributed by atoms with Crippen LogP contribution in [0.15, 0.2) is 46.3 Å². The molecular weight excluding hydrogens is 427 g/mol. The number of hydrogen-bond donors (Lipinski definition) is 1. The highest BCUT2D eigenvalue weighted by atomic mass is 32.2. The number of rotatable bonds is 4. The molecule has 1 N–H and O–H groups in total. The summed E-state index contributed by atoms with van der Waals surface area (Å²) in [6.45, 7) is 8.83. The van der Waals surface area contributed by atoms with E-state index in [0.29, 0.717) is 41.9 Å². The smallest absolute Gasteiger partial charge is 0.286 e. The Morgan fingerprint density at radius 1 is 1.19 bits per heavy atom. The van der Waals surface area contributed by atoms with E-state index in [1.165, 1.54) is 17.8 Å². The molecule has 0 aromatic heterocycles. The molecule has 1 amide bonds. The van der Waals surface area contributed by atoms with Crippen molar-refractivity contribution in [3.8, 4) is 16.9 Å². The van der Waals surface area contributed by atoms with E-state index in [0.717, 1.165) is 23.1 Å². The van der Waals surface area contributed by atoms with E-state index in [1.807, 2.05) is 17.0 Å². The van der Waals surface area contributed by atoms with E-state index >= 15 is 0 Å². The maximum Gasteiger partial charge on any atom is 0.286 e. The Morgan fingerprint density at radius 3 is 2.59 bits per heavy atom. The zero-order chi connectivity index (χ0) is 22.9. The second-order valence-corrected chi connectivity index (χ2v) is 9.62. The molecule has 168 valence electrons. The summed E-state index contributed by atoms with van der Waals surface area (Å²) in [5.74, 6) is -0.494. The predicted octanol–water partition coefficient (Wildman–Crippen LogP) is 5.19. The van der Waals surface area contributed by atoms with Crippen LogP contribution in [0.25, 0.3) is 17.2 Å². The molecule has 5 nitrogen and oxygen atoms in total.